The van der Waals surface area contributed by atoms with Gasteiger partial charge >= 0.3 is 0 Å². The molecule has 150 valence electrons. The normalized spacial score (nSPS) is 18.1. The van der Waals surface area contributed by atoms with Gasteiger partial charge in [-0.3, -0.25) is 5.01 Å². The van der Waals surface area contributed by atoms with E-state index in [-0.39, 0.29) is 12.2 Å². The summed E-state index contributed by atoms with van der Waals surface area (Å²) >= 11 is 0. The number of allylic oxidation sites excluding steroid dienone is 1. The van der Waals surface area contributed by atoms with Gasteiger partial charge in [-0.25, -0.2) is 0 Å². The summed E-state index contributed by atoms with van der Waals surface area (Å²) in [5, 5.41) is 9.19. The Balaban J connectivity index is 0.00000114. The minimum atomic E-state index is -0.00351. The molecule has 1 aromatic rings. The SMILES string of the molecule is C/C=C\CC(/C=C/C1CN(C)N=C(Cc2ccc(C)cc2)O1)OC.CNC. The summed E-state index contributed by atoms with van der Waals surface area (Å²) < 4.78 is 11.5. The Morgan fingerprint density at radius 3 is 2.59 bits per heavy atom. The molecule has 0 saturated carbocycles. The van der Waals surface area contributed by atoms with E-state index in [2.05, 4.69) is 59.8 Å². The van der Waals surface area contributed by atoms with Crippen LogP contribution in [0.15, 0.2) is 53.7 Å². The maximum Gasteiger partial charge on any atom is 0.211 e. The molecule has 1 aliphatic rings. The lowest BCUT2D eigenvalue weighted by atomic mass is 10.1. The van der Waals surface area contributed by atoms with E-state index < -0.39 is 0 Å². The average molecular weight is 374 g/mol. The Bertz CT molecular complexity index is 608. The van der Waals surface area contributed by atoms with Crippen molar-refractivity contribution in [2.45, 2.75) is 38.9 Å². The van der Waals surface area contributed by atoms with Crippen LogP contribution in [0.1, 0.15) is 24.5 Å². The number of hydrazone groups is 1. The summed E-state index contributed by atoms with van der Waals surface area (Å²) in [5.41, 5.74) is 2.47. The van der Waals surface area contributed by atoms with E-state index in [1.54, 1.807) is 7.11 Å². The average Bonchev–Trinajstić information content (AvgIpc) is 2.64. The number of nitrogens with one attached hydrogen (secondary N) is 1. The smallest absolute Gasteiger partial charge is 0.211 e. The number of hydrogen-bond acceptors (Lipinski definition) is 5. The Morgan fingerprint density at radius 2 is 2.00 bits per heavy atom. The van der Waals surface area contributed by atoms with Crippen LogP contribution < -0.4 is 5.32 Å². The highest BCUT2D eigenvalue weighted by Gasteiger charge is 2.19. The van der Waals surface area contributed by atoms with E-state index in [0.717, 1.165) is 18.9 Å². The molecule has 0 amide bonds. The molecule has 2 rings (SSSR count). The lowest BCUT2D eigenvalue weighted by molar-refractivity contribution is 0.126. The number of benzene rings is 1. The molecule has 1 N–H and O–H groups in total. The number of ether oxygens (including phenoxy) is 2. The molecule has 0 aromatic heterocycles. The Labute approximate surface area is 164 Å². The predicted octanol–water partition coefficient (Wildman–Crippen LogP) is 3.55. The van der Waals surface area contributed by atoms with Crippen LogP contribution in [0.5, 0.6) is 0 Å². The second-order valence-corrected chi connectivity index (χ2v) is 6.62. The summed E-state index contributed by atoms with van der Waals surface area (Å²) in [6.45, 7) is 4.85. The van der Waals surface area contributed by atoms with Crippen molar-refractivity contribution >= 4 is 5.90 Å². The minimum Gasteiger partial charge on any atom is -0.470 e. The van der Waals surface area contributed by atoms with Gasteiger partial charge in [0.05, 0.1) is 19.1 Å². The summed E-state index contributed by atoms with van der Waals surface area (Å²) in [5.74, 6) is 0.754. The van der Waals surface area contributed by atoms with Gasteiger partial charge in [0.1, 0.15) is 6.10 Å². The van der Waals surface area contributed by atoms with Crippen LogP contribution in [-0.4, -0.2) is 57.9 Å². The van der Waals surface area contributed by atoms with Gasteiger partial charge in [-0.15, -0.1) is 5.10 Å². The monoisotopic (exact) mass is 373 g/mol. The van der Waals surface area contributed by atoms with E-state index in [0.29, 0.717) is 6.42 Å². The van der Waals surface area contributed by atoms with Crippen LogP contribution in [0, 0.1) is 6.92 Å². The van der Waals surface area contributed by atoms with Gasteiger partial charge in [-0.1, -0.05) is 48.1 Å². The second kappa shape index (κ2) is 13.1. The third-order valence-electron chi connectivity index (χ3n) is 3.94. The first-order valence-corrected chi connectivity index (χ1v) is 9.43. The summed E-state index contributed by atoms with van der Waals surface area (Å²) in [6.07, 6.45) is 9.96. The highest BCUT2D eigenvalue weighted by molar-refractivity contribution is 5.79. The molecular formula is C22H35N3O2. The summed E-state index contributed by atoms with van der Waals surface area (Å²) in [7, 11) is 7.46. The van der Waals surface area contributed by atoms with Crippen LogP contribution in [0.25, 0.3) is 0 Å². The van der Waals surface area contributed by atoms with Gasteiger partial charge in [0.2, 0.25) is 5.90 Å². The summed E-state index contributed by atoms with van der Waals surface area (Å²) in [4.78, 5) is 0. The number of aryl methyl sites for hydroxylation is 1. The Kier molecular flexibility index (Phi) is 11.1. The fourth-order valence-corrected chi connectivity index (χ4v) is 2.56. The van der Waals surface area contributed by atoms with E-state index in [9.17, 15) is 0 Å². The third kappa shape index (κ3) is 9.40. The molecule has 1 aliphatic heterocycles. The van der Waals surface area contributed by atoms with Crippen molar-refractivity contribution < 1.29 is 9.47 Å². The fraction of sp³-hybridized carbons (Fsp3) is 0.500. The zero-order valence-electron chi connectivity index (χ0n) is 17.6. The zero-order chi connectivity index (χ0) is 20.1. The molecule has 27 heavy (non-hydrogen) atoms. The number of rotatable bonds is 7. The molecule has 5 nitrogen and oxygen atoms in total. The lowest BCUT2D eigenvalue weighted by Crippen LogP contribution is -2.36. The number of hydrogen-bond donors (Lipinski definition) is 1. The van der Waals surface area contributed by atoms with Crippen LogP contribution >= 0.6 is 0 Å². The minimum absolute atomic E-state index is 0.00351. The maximum atomic E-state index is 6.04. The first-order valence-electron chi connectivity index (χ1n) is 9.43. The van der Waals surface area contributed by atoms with Crippen molar-refractivity contribution in [2.75, 3.05) is 34.8 Å². The summed E-state index contributed by atoms with van der Waals surface area (Å²) in [6, 6.07) is 8.48. The van der Waals surface area contributed by atoms with Crippen LogP contribution in [0.2, 0.25) is 0 Å². The molecule has 0 aliphatic carbocycles. The first-order chi connectivity index (χ1) is 13.0. The molecule has 0 radical (unpaired) electrons. The molecule has 2 unspecified atom stereocenters. The quantitative estimate of drug-likeness (QED) is 0.743. The zero-order valence-corrected chi connectivity index (χ0v) is 17.6. The van der Waals surface area contributed by atoms with Gasteiger partial charge in [0, 0.05) is 14.2 Å². The van der Waals surface area contributed by atoms with Crippen molar-refractivity contribution in [3.8, 4) is 0 Å². The van der Waals surface area contributed by atoms with Gasteiger partial charge in [0.15, 0.2) is 0 Å². The van der Waals surface area contributed by atoms with E-state index in [1.807, 2.05) is 39.2 Å². The van der Waals surface area contributed by atoms with Gasteiger partial charge in [-0.05, 0) is 46.0 Å². The van der Waals surface area contributed by atoms with Crippen LogP contribution in [0.4, 0.5) is 0 Å². The maximum absolute atomic E-state index is 6.04. The van der Waals surface area contributed by atoms with Gasteiger partial charge in [0.25, 0.3) is 0 Å². The highest BCUT2D eigenvalue weighted by atomic mass is 16.5. The molecule has 1 heterocycles. The largest absolute Gasteiger partial charge is 0.470 e. The van der Waals surface area contributed by atoms with Crippen molar-refractivity contribution in [1.29, 1.82) is 0 Å². The first kappa shape index (κ1) is 22.9. The van der Waals surface area contributed by atoms with Crippen molar-refractivity contribution in [3.63, 3.8) is 0 Å². The van der Waals surface area contributed by atoms with Crippen LogP contribution in [0.3, 0.4) is 0 Å². The van der Waals surface area contributed by atoms with Crippen molar-refractivity contribution in [1.82, 2.24) is 10.3 Å². The van der Waals surface area contributed by atoms with Gasteiger partial charge < -0.3 is 14.8 Å². The van der Waals surface area contributed by atoms with E-state index in [1.165, 1.54) is 11.1 Å². The van der Waals surface area contributed by atoms with Gasteiger partial charge in [-0.2, -0.15) is 0 Å². The van der Waals surface area contributed by atoms with Crippen LogP contribution in [-0.2, 0) is 15.9 Å². The highest BCUT2D eigenvalue weighted by Crippen LogP contribution is 2.13. The molecule has 0 spiro atoms. The molecule has 1 aromatic carbocycles. The molecule has 0 fully saturated rings. The van der Waals surface area contributed by atoms with E-state index >= 15 is 0 Å². The lowest BCUT2D eigenvalue weighted by Gasteiger charge is -2.28. The number of likely N-dealkylation sites (N-methyl/N-ethyl adjacent to an activating group) is 1. The molecule has 0 saturated heterocycles. The Hall–Kier alpha value is -2.11. The Morgan fingerprint density at radius 1 is 1.33 bits per heavy atom. The van der Waals surface area contributed by atoms with Crippen molar-refractivity contribution in [2.24, 2.45) is 5.10 Å². The molecular weight excluding hydrogens is 338 g/mol. The second-order valence-electron chi connectivity index (χ2n) is 6.62. The standard InChI is InChI=1S/C20H28N2O2.C2H7N/c1-5-6-7-18(23-4)12-13-19-15-22(3)21-20(24-19)14-17-10-8-16(2)9-11-17;1-3-2/h5-6,8-13,18-19H,7,14-15H2,1-4H3;3H,1-2H3/b6-5-,13-12+;. The topological polar surface area (TPSA) is 46.1 Å². The number of methoxy groups -OCH3 is 1. The van der Waals surface area contributed by atoms with Crippen molar-refractivity contribution in [3.05, 3.63) is 59.7 Å². The molecule has 2 atom stereocenters. The third-order valence-corrected chi connectivity index (χ3v) is 3.94. The number of nitrogens with zero attached hydrogens (tertiary/aromatic N) is 2. The molecule has 0 bridgehead atoms. The predicted molar refractivity (Wildman–Crippen MR) is 114 cm³/mol. The molecule has 5 heteroatoms. The van der Waals surface area contributed by atoms with E-state index in [4.69, 9.17) is 9.47 Å². The fourth-order valence-electron chi connectivity index (χ4n) is 2.56.